The van der Waals surface area contributed by atoms with Gasteiger partial charge in [0.15, 0.2) is 0 Å². The van der Waals surface area contributed by atoms with Gasteiger partial charge in [-0.3, -0.25) is 15.3 Å². The molecule has 0 saturated carbocycles. The van der Waals surface area contributed by atoms with E-state index < -0.39 is 24.0 Å². The first kappa shape index (κ1) is 22.2. The molecule has 0 radical (unpaired) electrons. The molecule has 28 heavy (non-hydrogen) atoms. The van der Waals surface area contributed by atoms with Crippen LogP contribution in [0, 0.1) is 9.49 Å². The van der Waals surface area contributed by atoms with Gasteiger partial charge in [-0.25, -0.2) is 10.3 Å². The molecular formula is C19H18BrIN2O5. The fourth-order valence-electron chi connectivity index (χ4n) is 2.38. The first-order valence-electron chi connectivity index (χ1n) is 8.14. The average Bonchev–Trinajstić information content (AvgIpc) is 2.67. The van der Waals surface area contributed by atoms with Gasteiger partial charge in [0.05, 0.1) is 0 Å². The zero-order chi connectivity index (χ0) is 20.7. The first-order chi connectivity index (χ1) is 13.3. The Morgan fingerprint density at radius 1 is 1.21 bits per heavy atom. The molecule has 0 aliphatic carbocycles. The number of halogens is 2. The van der Waals surface area contributed by atoms with E-state index in [4.69, 9.17) is 9.94 Å². The van der Waals surface area contributed by atoms with Crippen LogP contribution in [-0.2, 0) is 9.53 Å². The Balaban J connectivity index is 2.25. The number of rotatable bonds is 6. The van der Waals surface area contributed by atoms with Crippen molar-refractivity contribution in [1.29, 1.82) is 0 Å². The van der Waals surface area contributed by atoms with E-state index in [0.29, 0.717) is 11.3 Å². The summed E-state index contributed by atoms with van der Waals surface area (Å²) in [6.07, 6.45) is 1.02. The van der Waals surface area contributed by atoms with Crippen molar-refractivity contribution in [2.75, 3.05) is 5.32 Å². The van der Waals surface area contributed by atoms with Gasteiger partial charge in [0.25, 0.3) is 5.91 Å². The average molecular weight is 561 g/mol. The molecule has 0 fully saturated rings. The van der Waals surface area contributed by atoms with Crippen molar-refractivity contribution in [2.45, 2.75) is 13.0 Å². The number of phenolic OH excluding ortho intramolecular Hbond substituents is 1. The number of hydrogen-bond acceptors (Lipinski definition) is 5. The van der Waals surface area contributed by atoms with Crippen molar-refractivity contribution < 1.29 is 24.6 Å². The van der Waals surface area contributed by atoms with Crippen molar-refractivity contribution in [3.05, 3.63) is 68.2 Å². The minimum Gasteiger partial charge on any atom is -0.508 e. The van der Waals surface area contributed by atoms with Crippen LogP contribution in [0.3, 0.4) is 0 Å². The third kappa shape index (κ3) is 6.50. The maximum Gasteiger partial charge on any atom is 0.412 e. The molecule has 0 bridgehead atoms. The molecule has 0 heterocycles. The molecule has 0 spiro atoms. The smallest absolute Gasteiger partial charge is 0.412 e. The molecule has 2 amide bonds. The highest BCUT2D eigenvalue weighted by Crippen LogP contribution is 2.34. The van der Waals surface area contributed by atoms with E-state index in [2.05, 4.69) is 43.8 Å². The maximum absolute atomic E-state index is 12.4. The highest BCUT2D eigenvalue weighted by Gasteiger charge is 2.25. The van der Waals surface area contributed by atoms with Crippen LogP contribution in [0.4, 0.5) is 10.5 Å². The summed E-state index contributed by atoms with van der Waals surface area (Å²) in [5.41, 5.74) is 2.44. The van der Waals surface area contributed by atoms with Gasteiger partial charge < -0.3 is 9.84 Å². The lowest BCUT2D eigenvalue weighted by Gasteiger charge is -2.23. The van der Waals surface area contributed by atoms with Crippen LogP contribution in [0.25, 0.3) is 0 Å². The molecule has 0 saturated heterocycles. The second kappa shape index (κ2) is 10.4. The van der Waals surface area contributed by atoms with Gasteiger partial charge in [0.1, 0.15) is 11.9 Å². The lowest BCUT2D eigenvalue weighted by atomic mass is 9.96. The molecule has 0 aromatic heterocycles. The van der Waals surface area contributed by atoms with Crippen LogP contribution in [0.5, 0.6) is 5.75 Å². The number of carbonyl (C=O) groups is 2. The summed E-state index contributed by atoms with van der Waals surface area (Å²) < 4.78 is 7.28. The van der Waals surface area contributed by atoms with Crippen LogP contribution in [0.1, 0.15) is 18.6 Å². The summed E-state index contributed by atoms with van der Waals surface area (Å²) in [5, 5.41) is 21.5. The van der Waals surface area contributed by atoms with E-state index in [1.165, 1.54) is 17.6 Å². The van der Waals surface area contributed by atoms with Gasteiger partial charge in [-0.05, 0) is 65.1 Å². The normalized spacial score (nSPS) is 13.0. The highest BCUT2D eigenvalue weighted by atomic mass is 127. The number of amides is 2. The number of benzene rings is 2. The molecule has 9 heteroatoms. The summed E-state index contributed by atoms with van der Waals surface area (Å²) in [6.45, 7) is 1.72. The number of phenols is 1. The minimum absolute atomic E-state index is 0.0336. The zero-order valence-electron chi connectivity index (χ0n) is 14.7. The lowest BCUT2D eigenvalue weighted by molar-refractivity contribution is -0.124. The monoisotopic (exact) mass is 560 g/mol. The predicted molar refractivity (Wildman–Crippen MR) is 116 cm³/mol. The third-order valence-electron chi connectivity index (χ3n) is 3.76. The number of ether oxygens (including phenoxy) is 1. The Kier molecular flexibility index (Phi) is 8.27. The van der Waals surface area contributed by atoms with Crippen LogP contribution < -0.4 is 10.8 Å². The van der Waals surface area contributed by atoms with E-state index in [1.807, 2.05) is 0 Å². The Bertz CT molecular complexity index is 873. The number of aromatic hydroxyl groups is 1. The van der Waals surface area contributed by atoms with Crippen molar-refractivity contribution in [2.24, 2.45) is 5.92 Å². The second-order valence-corrected chi connectivity index (χ2v) is 8.02. The molecule has 4 N–H and O–H groups in total. The summed E-state index contributed by atoms with van der Waals surface area (Å²) in [6, 6.07) is 11.9. The topological polar surface area (TPSA) is 108 Å². The molecule has 7 nitrogen and oxygen atoms in total. The Morgan fingerprint density at radius 3 is 2.54 bits per heavy atom. The number of nitrogens with one attached hydrogen (secondary N) is 2. The van der Waals surface area contributed by atoms with Crippen LogP contribution >= 0.6 is 38.5 Å². The summed E-state index contributed by atoms with van der Waals surface area (Å²) >= 11 is 5.41. The molecule has 0 aliphatic rings. The van der Waals surface area contributed by atoms with Crippen molar-refractivity contribution in [1.82, 2.24) is 5.48 Å². The summed E-state index contributed by atoms with van der Waals surface area (Å²) in [7, 11) is 0. The maximum atomic E-state index is 12.4. The van der Waals surface area contributed by atoms with E-state index in [1.54, 1.807) is 43.3 Å². The van der Waals surface area contributed by atoms with E-state index in [-0.39, 0.29) is 5.75 Å². The van der Waals surface area contributed by atoms with E-state index >= 15 is 0 Å². The van der Waals surface area contributed by atoms with Crippen LogP contribution in [0.2, 0.25) is 0 Å². The number of hydroxylamine groups is 1. The Morgan fingerprint density at radius 2 is 1.89 bits per heavy atom. The first-order valence-corrected chi connectivity index (χ1v) is 10.0. The van der Waals surface area contributed by atoms with E-state index in [9.17, 15) is 14.7 Å². The van der Waals surface area contributed by atoms with Crippen LogP contribution in [-0.4, -0.2) is 22.3 Å². The van der Waals surface area contributed by atoms with E-state index in [0.717, 1.165) is 14.1 Å². The summed E-state index contributed by atoms with van der Waals surface area (Å²) in [5.74, 6) is -1.22. The van der Waals surface area contributed by atoms with Crippen LogP contribution in [0.15, 0.2) is 59.1 Å². The van der Waals surface area contributed by atoms with Crippen molar-refractivity contribution >= 4 is 56.2 Å². The molecule has 2 atom stereocenters. The standard InChI is InChI=1S/C19H18BrIN2O5/c1-11(2-9-17(25)23-27)18(15-10-13(21)5-8-16(15)24)28-19(26)22-14-6-3-12(20)4-7-14/h2-11,18,24,27H,1H3,(H,22,26)(H,23,25)/b9-2+/t11-,18+/m1/s1. The Hall–Kier alpha value is -2.11. The molecule has 2 rings (SSSR count). The largest absolute Gasteiger partial charge is 0.508 e. The number of anilines is 1. The Labute approximate surface area is 184 Å². The minimum atomic E-state index is -0.868. The lowest BCUT2D eigenvalue weighted by Crippen LogP contribution is -2.22. The van der Waals surface area contributed by atoms with Crippen molar-refractivity contribution in [3.63, 3.8) is 0 Å². The number of carbonyl (C=O) groups excluding carboxylic acids is 2. The SMILES string of the molecule is C[C@H](/C=C/C(=O)NO)[C@H](OC(=O)Nc1ccc(Br)cc1)c1cc(I)ccc1O. The van der Waals surface area contributed by atoms with Gasteiger partial charge in [-0.2, -0.15) is 0 Å². The van der Waals surface area contributed by atoms with Gasteiger partial charge >= 0.3 is 6.09 Å². The highest BCUT2D eigenvalue weighted by molar-refractivity contribution is 14.1. The molecule has 0 unspecified atom stereocenters. The fraction of sp³-hybridized carbons (Fsp3) is 0.158. The van der Waals surface area contributed by atoms with Gasteiger partial charge in [0, 0.05) is 31.3 Å². The summed E-state index contributed by atoms with van der Waals surface area (Å²) in [4.78, 5) is 23.7. The predicted octanol–water partition coefficient (Wildman–Crippen LogP) is 4.75. The molecule has 2 aromatic rings. The zero-order valence-corrected chi connectivity index (χ0v) is 18.5. The second-order valence-electron chi connectivity index (χ2n) is 5.86. The van der Waals surface area contributed by atoms with Gasteiger partial charge in [-0.15, -0.1) is 0 Å². The van der Waals surface area contributed by atoms with Gasteiger partial charge in [0.2, 0.25) is 0 Å². The van der Waals surface area contributed by atoms with Gasteiger partial charge in [-0.1, -0.05) is 28.9 Å². The van der Waals surface area contributed by atoms with Crippen molar-refractivity contribution in [3.8, 4) is 5.75 Å². The molecule has 148 valence electrons. The molecular weight excluding hydrogens is 543 g/mol. The quantitative estimate of drug-likeness (QED) is 0.176. The third-order valence-corrected chi connectivity index (χ3v) is 4.96. The molecule has 0 aliphatic heterocycles. The number of hydrogen-bond donors (Lipinski definition) is 4. The fourth-order valence-corrected chi connectivity index (χ4v) is 3.16. The molecule has 2 aromatic carbocycles.